The fourth-order valence-electron chi connectivity index (χ4n) is 2.25. The summed E-state index contributed by atoms with van der Waals surface area (Å²) in [6.07, 6.45) is 3.41. The molecule has 5 nitrogen and oxygen atoms in total. The van der Waals surface area contributed by atoms with Gasteiger partial charge in [-0.2, -0.15) is 0 Å². The monoisotopic (exact) mass is 369 g/mol. The molecule has 6 heteroatoms. The van der Waals surface area contributed by atoms with Crippen molar-refractivity contribution < 1.29 is 9.53 Å². The number of rotatable bonds is 3. The summed E-state index contributed by atoms with van der Waals surface area (Å²) in [7, 11) is 0. The Morgan fingerprint density at radius 1 is 1.32 bits per heavy atom. The van der Waals surface area contributed by atoms with Crippen molar-refractivity contribution in [1.29, 1.82) is 0 Å². The van der Waals surface area contributed by atoms with Gasteiger partial charge in [0.2, 0.25) is 0 Å². The summed E-state index contributed by atoms with van der Waals surface area (Å²) < 4.78 is 8.68. The second-order valence-electron chi connectivity index (χ2n) is 6.67. The number of carbonyl (C=O) groups excluding carboxylic acids is 1. The minimum atomic E-state index is -0.631. The Morgan fingerprint density at radius 2 is 2.00 bits per heavy atom. The molecular formula is C16H23N3O2Se. The first kappa shape index (κ1) is 16.8. The number of hydrogen-bond donors (Lipinski definition) is 1. The van der Waals surface area contributed by atoms with Crippen LogP contribution in [-0.4, -0.2) is 36.0 Å². The van der Waals surface area contributed by atoms with E-state index in [4.69, 9.17) is 4.74 Å². The molecular weight excluding hydrogens is 345 g/mol. The van der Waals surface area contributed by atoms with Crippen molar-refractivity contribution in [1.82, 2.24) is 14.7 Å². The molecule has 120 valence electrons. The van der Waals surface area contributed by atoms with Crippen molar-refractivity contribution in [3.8, 4) is 0 Å². The van der Waals surface area contributed by atoms with Gasteiger partial charge in [0.05, 0.1) is 0 Å². The predicted molar refractivity (Wildman–Crippen MR) is 88.8 cm³/mol. The number of hydrogen-bond acceptors (Lipinski definition) is 3. The van der Waals surface area contributed by atoms with Crippen LogP contribution in [0.5, 0.6) is 0 Å². The third-order valence-electron chi connectivity index (χ3n) is 3.12. The Hall–Kier alpha value is -1.52. The summed E-state index contributed by atoms with van der Waals surface area (Å²) in [5.74, 6) is 2.97. The Bertz CT molecular complexity index is 686. The second kappa shape index (κ2) is 5.93. The number of nitrogens with one attached hydrogen (secondary N) is 1. The van der Waals surface area contributed by atoms with Crippen LogP contribution in [0.4, 0.5) is 4.79 Å². The zero-order valence-corrected chi connectivity index (χ0v) is 15.6. The van der Waals surface area contributed by atoms with Gasteiger partial charge in [-0.15, -0.1) is 0 Å². The molecule has 0 saturated carbocycles. The molecule has 2 rings (SSSR count). The fraction of sp³-hybridized carbons (Fsp3) is 0.500. The van der Waals surface area contributed by atoms with Gasteiger partial charge >= 0.3 is 137 Å². The van der Waals surface area contributed by atoms with E-state index in [0.29, 0.717) is 15.0 Å². The molecule has 0 saturated heterocycles. The van der Waals surface area contributed by atoms with E-state index in [-0.39, 0.29) is 0 Å². The molecule has 0 unspecified atom stereocenters. The van der Waals surface area contributed by atoms with E-state index < -0.39 is 17.2 Å². The molecule has 2 aromatic heterocycles. The van der Waals surface area contributed by atoms with Crippen molar-refractivity contribution in [2.45, 2.75) is 51.6 Å². The third-order valence-corrected chi connectivity index (χ3v) is 4.77. The van der Waals surface area contributed by atoms with Crippen LogP contribution in [0.15, 0.2) is 24.5 Å². The van der Waals surface area contributed by atoms with Crippen molar-refractivity contribution in [3.63, 3.8) is 0 Å². The standard InChI is InChI=1S/C16H23N3O2Se/c1-15(2,3)21-14(20)18-16(4,5)13-17-10-11-12(22-6)8-7-9-19(11)13/h7-10H,1-6H3,(H,18,20). The van der Waals surface area contributed by atoms with E-state index in [1.165, 1.54) is 4.46 Å². The predicted octanol–water partition coefficient (Wildman–Crippen LogP) is 2.47. The molecule has 1 amide bonds. The third kappa shape index (κ3) is 3.62. The molecule has 0 fully saturated rings. The zero-order chi connectivity index (χ0) is 16.5. The number of carbonyl (C=O) groups is 1. The number of ether oxygens (including phenoxy) is 1. The van der Waals surface area contributed by atoms with Gasteiger partial charge in [-0.1, -0.05) is 0 Å². The van der Waals surface area contributed by atoms with Crippen LogP contribution < -0.4 is 9.78 Å². The van der Waals surface area contributed by atoms with Crippen LogP contribution in [0.25, 0.3) is 5.52 Å². The molecule has 22 heavy (non-hydrogen) atoms. The maximum absolute atomic E-state index is 12.1. The number of fused-ring (bicyclic) bond motifs is 1. The molecule has 2 aromatic rings. The van der Waals surface area contributed by atoms with Crippen molar-refractivity contribution in [2.75, 3.05) is 0 Å². The van der Waals surface area contributed by atoms with Crippen LogP contribution in [0.2, 0.25) is 5.82 Å². The van der Waals surface area contributed by atoms with Gasteiger partial charge in [0, 0.05) is 0 Å². The molecule has 0 bridgehead atoms. The van der Waals surface area contributed by atoms with Gasteiger partial charge in [-0.25, -0.2) is 0 Å². The van der Waals surface area contributed by atoms with Crippen LogP contribution in [0.1, 0.15) is 40.4 Å². The summed E-state index contributed by atoms with van der Waals surface area (Å²) >= 11 is 0.391. The van der Waals surface area contributed by atoms with Gasteiger partial charge in [-0.05, 0) is 0 Å². The van der Waals surface area contributed by atoms with E-state index in [0.717, 1.165) is 11.3 Å². The molecule has 0 aliphatic carbocycles. The molecule has 0 aliphatic rings. The van der Waals surface area contributed by atoms with Gasteiger partial charge in [-0.3, -0.25) is 0 Å². The van der Waals surface area contributed by atoms with Crippen molar-refractivity contribution in [3.05, 3.63) is 30.4 Å². The Balaban J connectivity index is 2.32. The normalized spacial score (nSPS) is 12.5. The van der Waals surface area contributed by atoms with Crippen molar-refractivity contribution in [2.24, 2.45) is 0 Å². The average molecular weight is 368 g/mol. The summed E-state index contributed by atoms with van der Waals surface area (Å²) in [5, 5.41) is 2.91. The first-order valence-electron chi connectivity index (χ1n) is 7.16. The molecule has 0 aliphatic heterocycles. The molecule has 0 aromatic carbocycles. The Kier molecular flexibility index (Phi) is 4.54. The topological polar surface area (TPSA) is 55.6 Å². The van der Waals surface area contributed by atoms with Crippen molar-refractivity contribution >= 4 is 31.0 Å². The molecule has 2 heterocycles. The summed E-state index contributed by atoms with van der Waals surface area (Å²) in [4.78, 5) is 16.6. The van der Waals surface area contributed by atoms with Gasteiger partial charge in [0.15, 0.2) is 0 Å². The number of nitrogens with zero attached hydrogens (tertiary/aromatic N) is 2. The van der Waals surface area contributed by atoms with Crippen LogP contribution in [0, 0.1) is 0 Å². The molecule has 0 spiro atoms. The summed E-state index contributed by atoms with van der Waals surface area (Å²) in [6.45, 7) is 9.39. The zero-order valence-electron chi connectivity index (χ0n) is 13.9. The number of aromatic nitrogens is 2. The number of alkyl carbamates (subject to hydrolysis) is 1. The van der Waals surface area contributed by atoms with Gasteiger partial charge in [0.25, 0.3) is 0 Å². The number of imidazole rings is 1. The molecule has 0 atom stereocenters. The Morgan fingerprint density at radius 3 is 2.59 bits per heavy atom. The Labute approximate surface area is 137 Å². The maximum atomic E-state index is 12.1. The minimum absolute atomic E-state index is 0.391. The molecule has 0 radical (unpaired) electrons. The first-order valence-corrected chi connectivity index (χ1v) is 9.73. The SMILES string of the molecule is C[Se]c1cccn2c(C(C)(C)NC(=O)OC(C)(C)C)ncc12. The van der Waals surface area contributed by atoms with E-state index in [1.807, 2.05) is 57.5 Å². The summed E-state index contributed by atoms with van der Waals surface area (Å²) in [5.41, 5.74) is -0.0556. The number of amides is 1. The molecule has 1 N–H and O–H groups in total. The average Bonchev–Trinajstić information content (AvgIpc) is 2.79. The van der Waals surface area contributed by atoms with Gasteiger partial charge < -0.3 is 0 Å². The van der Waals surface area contributed by atoms with E-state index in [1.54, 1.807) is 0 Å². The first-order chi connectivity index (χ1) is 10.1. The van der Waals surface area contributed by atoms with E-state index in [2.05, 4.69) is 22.2 Å². The quantitative estimate of drug-likeness (QED) is 0.847. The van der Waals surface area contributed by atoms with Crippen LogP contribution in [-0.2, 0) is 10.3 Å². The second-order valence-corrected chi connectivity index (χ2v) is 8.44. The summed E-state index contributed by atoms with van der Waals surface area (Å²) in [6, 6.07) is 4.14. The van der Waals surface area contributed by atoms with E-state index >= 15 is 0 Å². The fourth-order valence-corrected chi connectivity index (χ4v) is 3.45. The van der Waals surface area contributed by atoms with Crippen LogP contribution >= 0.6 is 0 Å². The number of pyridine rings is 1. The van der Waals surface area contributed by atoms with Gasteiger partial charge in [0.1, 0.15) is 0 Å². The van der Waals surface area contributed by atoms with E-state index in [9.17, 15) is 4.79 Å². The van der Waals surface area contributed by atoms with Crippen LogP contribution in [0.3, 0.4) is 0 Å².